The molecule has 0 saturated carbocycles. The molecule has 1 heterocycles. The Morgan fingerprint density at radius 3 is 1.85 bits per heavy atom. The number of unbranched alkanes of at least 4 members (excludes halogenated alkanes) is 13. The van der Waals surface area contributed by atoms with E-state index in [4.69, 9.17) is 9.15 Å². The van der Waals surface area contributed by atoms with Crippen molar-refractivity contribution in [3.63, 3.8) is 0 Å². The summed E-state index contributed by atoms with van der Waals surface area (Å²) in [6.45, 7) is 8.30. The van der Waals surface area contributed by atoms with Gasteiger partial charge in [-0.3, -0.25) is 9.59 Å². The summed E-state index contributed by atoms with van der Waals surface area (Å²) in [5.74, 6) is -0.822. The van der Waals surface area contributed by atoms with E-state index in [1.807, 2.05) is 0 Å². The molecule has 0 aliphatic heterocycles. The molecule has 0 aromatic carbocycles. The van der Waals surface area contributed by atoms with Gasteiger partial charge < -0.3 is 14.3 Å². The first kappa shape index (κ1) is 29.4. The molecule has 1 aromatic heterocycles. The lowest BCUT2D eigenvalue weighted by atomic mass is 9.74. The van der Waals surface area contributed by atoms with Gasteiger partial charge in [-0.15, -0.1) is 0 Å². The van der Waals surface area contributed by atoms with Gasteiger partial charge in [0, 0.05) is 12.7 Å². The Bertz CT molecular complexity index is 708. The summed E-state index contributed by atoms with van der Waals surface area (Å²) in [6, 6.07) is 1.37. The first-order valence-electron chi connectivity index (χ1n) is 13.3. The normalized spacial score (nSPS) is 13.4. The third-order valence-corrected chi connectivity index (χ3v) is 6.93. The lowest BCUT2D eigenvalue weighted by molar-refractivity contribution is -0.145. The fraction of sp³-hybridized carbons (Fsp3) is 0.786. The molecule has 0 bridgehead atoms. The number of aliphatic carboxylic acids is 1. The Hall–Kier alpha value is -1.62. The van der Waals surface area contributed by atoms with Crippen LogP contribution in [0.1, 0.15) is 129 Å². The molecule has 190 valence electrons. The van der Waals surface area contributed by atoms with Crippen molar-refractivity contribution in [2.45, 2.75) is 130 Å². The number of hydrogen-bond donors (Lipinski definition) is 1. The van der Waals surface area contributed by atoms with Gasteiger partial charge in [0.1, 0.15) is 12.4 Å². The summed E-state index contributed by atoms with van der Waals surface area (Å²) >= 11 is 0. The molecule has 1 N–H and O–H groups in total. The van der Waals surface area contributed by atoms with Crippen molar-refractivity contribution in [2.75, 3.05) is 6.61 Å². The van der Waals surface area contributed by atoms with Gasteiger partial charge in [0.05, 0.1) is 17.2 Å². The van der Waals surface area contributed by atoms with Crippen LogP contribution in [0.15, 0.2) is 21.5 Å². The third-order valence-electron chi connectivity index (χ3n) is 6.93. The first-order chi connectivity index (χ1) is 15.8. The van der Waals surface area contributed by atoms with Crippen molar-refractivity contribution >= 4 is 5.97 Å². The standard InChI is InChI=1S/C28H48O5/c1-5-6-7-8-9-10-11-12-13-14-15-16-17-18-19-32-21-24-20-26(29)25(22-33-24)28(4,23(2)3)27(30)31/h20,22-23H,5-19,21H2,1-4H3,(H,30,31). The third kappa shape index (κ3) is 10.9. The van der Waals surface area contributed by atoms with E-state index in [2.05, 4.69) is 6.92 Å². The minimum Gasteiger partial charge on any atom is -0.481 e. The van der Waals surface area contributed by atoms with Gasteiger partial charge in [0.25, 0.3) is 0 Å². The fourth-order valence-corrected chi connectivity index (χ4v) is 4.15. The molecular formula is C28H48O5. The van der Waals surface area contributed by atoms with Crippen molar-refractivity contribution in [1.29, 1.82) is 0 Å². The Labute approximate surface area is 201 Å². The molecule has 1 aromatic rings. The molecule has 0 radical (unpaired) electrons. The molecule has 33 heavy (non-hydrogen) atoms. The van der Waals surface area contributed by atoms with Crippen LogP contribution in [0.4, 0.5) is 0 Å². The maximum atomic E-state index is 12.5. The highest BCUT2D eigenvalue weighted by Gasteiger charge is 2.41. The van der Waals surface area contributed by atoms with Gasteiger partial charge in [0.15, 0.2) is 5.43 Å². The zero-order chi connectivity index (χ0) is 24.5. The molecular weight excluding hydrogens is 416 g/mol. The van der Waals surface area contributed by atoms with Crippen LogP contribution in [0.5, 0.6) is 0 Å². The molecule has 0 fully saturated rings. The molecule has 1 atom stereocenters. The highest BCUT2D eigenvalue weighted by Crippen LogP contribution is 2.30. The van der Waals surface area contributed by atoms with E-state index in [0.29, 0.717) is 12.4 Å². The van der Waals surface area contributed by atoms with E-state index in [-0.39, 0.29) is 23.5 Å². The van der Waals surface area contributed by atoms with Crippen LogP contribution in [0.25, 0.3) is 0 Å². The minimum atomic E-state index is -1.27. The average molecular weight is 465 g/mol. The summed E-state index contributed by atoms with van der Waals surface area (Å²) in [7, 11) is 0. The van der Waals surface area contributed by atoms with Gasteiger partial charge in [-0.1, -0.05) is 104 Å². The number of carbonyl (C=O) groups is 1. The van der Waals surface area contributed by atoms with Crippen LogP contribution in [0.3, 0.4) is 0 Å². The van der Waals surface area contributed by atoms with Crippen molar-refractivity contribution in [2.24, 2.45) is 5.92 Å². The summed E-state index contributed by atoms with van der Waals surface area (Å²) in [6.07, 6.45) is 19.8. The molecule has 0 aliphatic rings. The van der Waals surface area contributed by atoms with Crippen LogP contribution in [-0.4, -0.2) is 17.7 Å². The van der Waals surface area contributed by atoms with Gasteiger partial charge in [0.2, 0.25) is 0 Å². The predicted octanol–water partition coefficient (Wildman–Crippen LogP) is 7.64. The van der Waals surface area contributed by atoms with Crippen LogP contribution >= 0.6 is 0 Å². The molecule has 5 nitrogen and oxygen atoms in total. The number of carboxylic acids is 1. The van der Waals surface area contributed by atoms with Gasteiger partial charge in [-0.05, 0) is 19.3 Å². The second kappa shape index (κ2) is 16.9. The Balaban J connectivity index is 2.11. The highest BCUT2D eigenvalue weighted by atomic mass is 16.5. The van der Waals surface area contributed by atoms with E-state index >= 15 is 0 Å². The topological polar surface area (TPSA) is 76.7 Å². The smallest absolute Gasteiger partial charge is 0.314 e. The highest BCUT2D eigenvalue weighted by molar-refractivity contribution is 5.81. The molecule has 0 aliphatic carbocycles. The number of hydrogen-bond acceptors (Lipinski definition) is 4. The minimum absolute atomic E-state index is 0.181. The average Bonchev–Trinajstić information content (AvgIpc) is 2.78. The fourth-order valence-electron chi connectivity index (χ4n) is 4.15. The van der Waals surface area contributed by atoms with Gasteiger partial charge in [-0.25, -0.2) is 0 Å². The summed E-state index contributed by atoms with van der Waals surface area (Å²) in [5, 5.41) is 9.60. The van der Waals surface area contributed by atoms with Crippen LogP contribution in [-0.2, 0) is 21.6 Å². The molecule has 5 heteroatoms. The maximum absolute atomic E-state index is 12.5. The quantitative estimate of drug-likeness (QED) is 0.201. The van der Waals surface area contributed by atoms with Crippen molar-refractivity contribution in [3.05, 3.63) is 33.9 Å². The Morgan fingerprint density at radius 2 is 1.42 bits per heavy atom. The SMILES string of the molecule is CCCCCCCCCCCCCCCCOCc1cc(=O)c(C(C)(C(=O)O)C(C)C)co1. The van der Waals surface area contributed by atoms with Crippen LogP contribution < -0.4 is 5.43 Å². The van der Waals surface area contributed by atoms with Crippen molar-refractivity contribution in [1.82, 2.24) is 0 Å². The maximum Gasteiger partial charge on any atom is 0.314 e. The van der Waals surface area contributed by atoms with Crippen molar-refractivity contribution in [3.8, 4) is 0 Å². The Kier molecular flexibility index (Phi) is 15.1. The van der Waals surface area contributed by atoms with Gasteiger partial charge in [-0.2, -0.15) is 0 Å². The predicted molar refractivity (Wildman–Crippen MR) is 135 cm³/mol. The number of ether oxygens (including phenoxy) is 1. The van der Waals surface area contributed by atoms with Crippen molar-refractivity contribution < 1.29 is 19.1 Å². The molecule has 1 unspecified atom stereocenters. The van der Waals surface area contributed by atoms with Crippen LogP contribution in [0.2, 0.25) is 0 Å². The number of rotatable bonds is 20. The largest absolute Gasteiger partial charge is 0.481 e. The summed E-state index contributed by atoms with van der Waals surface area (Å²) < 4.78 is 11.2. The van der Waals surface area contributed by atoms with E-state index < -0.39 is 11.4 Å². The number of carboxylic acid groups (broad SMARTS) is 1. The monoisotopic (exact) mass is 464 g/mol. The molecule has 0 amide bonds. The van der Waals surface area contributed by atoms with E-state index in [1.54, 1.807) is 20.8 Å². The van der Waals surface area contributed by atoms with E-state index in [0.717, 1.165) is 12.8 Å². The first-order valence-corrected chi connectivity index (χ1v) is 13.3. The van der Waals surface area contributed by atoms with Crippen LogP contribution in [0, 0.1) is 5.92 Å². The molecule has 0 saturated heterocycles. The van der Waals surface area contributed by atoms with Gasteiger partial charge >= 0.3 is 5.97 Å². The summed E-state index contributed by atoms with van der Waals surface area (Å²) in [5.41, 5.74) is -1.40. The summed E-state index contributed by atoms with van der Waals surface area (Å²) in [4.78, 5) is 24.2. The zero-order valence-corrected chi connectivity index (χ0v) is 21.6. The molecule has 1 rings (SSSR count). The zero-order valence-electron chi connectivity index (χ0n) is 21.6. The van der Waals surface area contributed by atoms with E-state index in [9.17, 15) is 14.7 Å². The lowest BCUT2D eigenvalue weighted by Gasteiger charge is -2.28. The Morgan fingerprint density at radius 1 is 0.939 bits per heavy atom. The second-order valence-corrected chi connectivity index (χ2v) is 9.94. The van der Waals surface area contributed by atoms with E-state index in [1.165, 1.54) is 89.4 Å². The lowest BCUT2D eigenvalue weighted by Crippen LogP contribution is -2.41. The second-order valence-electron chi connectivity index (χ2n) is 9.94. The molecule has 0 spiro atoms.